The molecule has 0 aliphatic rings. The van der Waals surface area contributed by atoms with E-state index in [1.807, 2.05) is 0 Å². The summed E-state index contributed by atoms with van der Waals surface area (Å²) in [6.45, 7) is 0.398. The fraction of sp³-hybridized carbons (Fsp3) is 0.857. The van der Waals surface area contributed by atoms with Crippen LogP contribution in [0.5, 0.6) is 0 Å². The molecule has 0 aliphatic heterocycles. The average molecular weight is 269 g/mol. The summed E-state index contributed by atoms with van der Waals surface area (Å²) in [6, 6.07) is 0. The molecule has 0 aromatic rings. The summed E-state index contributed by atoms with van der Waals surface area (Å²) >= 11 is 0. The first-order valence-electron chi connectivity index (χ1n) is 3.72. The molecule has 12 heavy (non-hydrogen) atoms. The molecular weight excluding hydrogens is 256 g/mol. The van der Waals surface area contributed by atoms with Gasteiger partial charge in [0.15, 0.2) is 0 Å². The van der Waals surface area contributed by atoms with Crippen molar-refractivity contribution in [3.63, 3.8) is 0 Å². The second-order valence-electron chi connectivity index (χ2n) is 2.24. The Kier molecular flexibility index (Phi) is 13.2. The van der Waals surface area contributed by atoms with Gasteiger partial charge in [0.2, 0.25) is 0 Å². The zero-order valence-corrected chi connectivity index (χ0v) is 8.20. The molecule has 0 radical (unpaired) electrons. The number of carbonyl (C=O) groups is 1. The van der Waals surface area contributed by atoms with Crippen molar-refractivity contribution in [1.82, 2.24) is 0 Å². The van der Waals surface area contributed by atoms with Crippen LogP contribution in [-0.4, -0.2) is 24.5 Å². The summed E-state index contributed by atoms with van der Waals surface area (Å²) in [7, 11) is 0. The number of aliphatic hydroxyl groups excluding tert-OH is 1. The number of unbranched alkanes of at least 4 members (excludes halogenated alkanes) is 3. The molecule has 0 bridgehead atoms. The molecule has 0 aromatic heterocycles. The van der Waals surface area contributed by atoms with E-state index in [0.29, 0.717) is 6.42 Å². The normalized spacial score (nSPS) is 8.75. The Morgan fingerprint density at radius 2 is 1.83 bits per heavy atom. The van der Waals surface area contributed by atoms with E-state index in [2.05, 4.69) is 4.74 Å². The van der Waals surface area contributed by atoms with Gasteiger partial charge >= 0.3 is 22.4 Å². The van der Waals surface area contributed by atoms with Crippen molar-refractivity contribution >= 4 is 6.16 Å². The maximum absolute atomic E-state index is 9.71. The third kappa shape index (κ3) is 12.6. The van der Waals surface area contributed by atoms with Crippen LogP contribution in [0.2, 0.25) is 0 Å². The van der Waals surface area contributed by atoms with Crippen LogP contribution in [0, 0.1) is 0 Å². The molecule has 0 spiro atoms. The zero-order chi connectivity index (χ0) is 8.53. The van der Waals surface area contributed by atoms with Gasteiger partial charge in [-0.3, -0.25) is 0 Å². The Bertz CT molecular complexity index is 108. The third-order valence-electron chi connectivity index (χ3n) is 1.27. The van der Waals surface area contributed by atoms with Gasteiger partial charge in [-0.05, 0) is 12.8 Å². The van der Waals surface area contributed by atoms with Crippen molar-refractivity contribution in [3.8, 4) is 0 Å². The molecule has 1 N–H and O–H groups in total. The fourth-order valence-electron chi connectivity index (χ4n) is 0.723. The molecule has 0 aromatic carbocycles. The van der Waals surface area contributed by atoms with E-state index in [0.717, 1.165) is 19.3 Å². The summed E-state index contributed by atoms with van der Waals surface area (Å²) in [6.07, 6.45) is 1.80. The second kappa shape index (κ2) is 11.0. The molecule has 0 saturated heterocycles. The molecule has 0 fully saturated rings. The molecule has 0 rings (SSSR count). The fourth-order valence-corrected chi connectivity index (χ4v) is 0.723. The summed E-state index contributed by atoms with van der Waals surface area (Å²) in [4.78, 5) is 9.71. The topological polar surface area (TPSA) is 69.6 Å². The first-order valence-corrected chi connectivity index (χ1v) is 3.72. The van der Waals surface area contributed by atoms with Gasteiger partial charge in [0, 0.05) is 13.2 Å². The summed E-state index contributed by atoms with van der Waals surface area (Å²) in [5.41, 5.74) is 0. The van der Waals surface area contributed by atoms with E-state index in [9.17, 15) is 9.90 Å². The van der Waals surface area contributed by atoms with Crippen LogP contribution < -0.4 is 5.11 Å². The quantitative estimate of drug-likeness (QED) is 0.415. The Balaban J connectivity index is 0. The predicted molar refractivity (Wildman–Crippen MR) is 36.9 cm³/mol. The summed E-state index contributed by atoms with van der Waals surface area (Å²) in [5, 5.41) is 18.1. The van der Waals surface area contributed by atoms with Crippen molar-refractivity contribution < 1.29 is 42.1 Å². The zero-order valence-electron chi connectivity index (χ0n) is 6.72. The van der Waals surface area contributed by atoms with E-state index >= 15 is 0 Å². The van der Waals surface area contributed by atoms with Crippen molar-refractivity contribution in [2.45, 2.75) is 25.7 Å². The SMILES string of the molecule is O=C([O-])OCCCCCCO.[Ag+]. The molecule has 5 heteroatoms. The molecule has 0 heterocycles. The monoisotopic (exact) mass is 268 g/mol. The number of hydrogen-bond donors (Lipinski definition) is 1. The van der Waals surface area contributed by atoms with Crippen LogP contribution in [0.3, 0.4) is 0 Å². The number of ether oxygens (including phenoxy) is 1. The van der Waals surface area contributed by atoms with Crippen LogP contribution in [0.1, 0.15) is 25.7 Å². The van der Waals surface area contributed by atoms with Crippen LogP contribution in [-0.2, 0) is 27.1 Å². The van der Waals surface area contributed by atoms with Crippen molar-refractivity contribution in [2.75, 3.05) is 13.2 Å². The Morgan fingerprint density at radius 3 is 2.33 bits per heavy atom. The molecule has 76 valence electrons. The minimum absolute atomic E-state index is 0. The van der Waals surface area contributed by atoms with Crippen molar-refractivity contribution in [1.29, 1.82) is 0 Å². The van der Waals surface area contributed by atoms with Gasteiger partial charge in [-0.25, -0.2) is 0 Å². The van der Waals surface area contributed by atoms with Gasteiger partial charge in [-0.15, -0.1) is 0 Å². The van der Waals surface area contributed by atoms with Crippen molar-refractivity contribution in [2.24, 2.45) is 0 Å². The third-order valence-corrected chi connectivity index (χ3v) is 1.27. The maximum Gasteiger partial charge on any atom is 1.00 e. The molecule has 0 saturated carbocycles. The van der Waals surface area contributed by atoms with Gasteiger partial charge in [0.05, 0.1) is 0 Å². The number of aliphatic hydroxyl groups is 1. The molecule has 0 aliphatic carbocycles. The first-order chi connectivity index (χ1) is 5.27. The van der Waals surface area contributed by atoms with Gasteiger partial charge < -0.3 is 19.7 Å². The average Bonchev–Trinajstić information content (AvgIpc) is 1.96. The van der Waals surface area contributed by atoms with Crippen LogP contribution in [0.4, 0.5) is 4.79 Å². The largest absolute Gasteiger partial charge is 1.00 e. The molecular formula is C7H13AgO4. The maximum atomic E-state index is 9.71. The van der Waals surface area contributed by atoms with E-state index in [1.165, 1.54) is 0 Å². The smallest absolute Gasteiger partial charge is 0.550 e. The minimum atomic E-state index is -1.47. The molecule has 0 atom stereocenters. The van der Waals surface area contributed by atoms with Gasteiger partial charge in [0.25, 0.3) is 6.16 Å². The second-order valence-corrected chi connectivity index (χ2v) is 2.24. The van der Waals surface area contributed by atoms with Crippen LogP contribution in [0.15, 0.2) is 0 Å². The molecule has 0 amide bonds. The number of hydrogen-bond acceptors (Lipinski definition) is 4. The standard InChI is InChI=1S/C7H14O4.Ag/c8-5-3-1-2-4-6-11-7(9)10;/h8H,1-6H2,(H,9,10);/q;+1/p-1. The van der Waals surface area contributed by atoms with Gasteiger partial charge in [-0.1, -0.05) is 12.8 Å². The Hall–Kier alpha value is -0.0297. The molecule has 0 unspecified atom stereocenters. The van der Waals surface area contributed by atoms with Gasteiger partial charge in [0.1, 0.15) is 0 Å². The number of rotatable bonds is 6. The van der Waals surface area contributed by atoms with E-state index in [4.69, 9.17) is 5.11 Å². The summed E-state index contributed by atoms with van der Waals surface area (Å²) in [5.74, 6) is 0. The first kappa shape index (κ1) is 14.5. The summed E-state index contributed by atoms with van der Waals surface area (Å²) < 4.78 is 4.17. The van der Waals surface area contributed by atoms with E-state index < -0.39 is 6.16 Å². The number of carboxylic acid groups (broad SMARTS) is 1. The molecule has 4 nitrogen and oxygen atoms in total. The van der Waals surface area contributed by atoms with Crippen molar-refractivity contribution in [3.05, 3.63) is 0 Å². The Labute approximate surface area is 87.4 Å². The number of carbonyl (C=O) groups excluding carboxylic acids is 1. The van der Waals surface area contributed by atoms with Crippen LogP contribution >= 0.6 is 0 Å². The predicted octanol–water partition coefficient (Wildman–Crippen LogP) is -0.104. The van der Waals surface area contributed by atoms with Crippen LogP contribution in [0.25, 0.3) is 0 Å². The van der Waals surface area contributed by atoms with Gasteiger partial charge in [-0.2, -0.15) is 0 Å². The minimum Gasteiger partial charge on any atom is -0.550 e. The van der Waals surface area contributed by atoms with E-state index in [1.54, 1.807) is 0 Å². The van der Waals surface area contributed by atoms with E-state index in [-0.39, 0.29) is 35.6 Å². The Morgan fingerprint density at radius 1 is 1.25 bits per heavy atom.